The van der Waals surface area contributed by atoms with Crippen LogP contribution in [0.15, 0.2) is 18.2 Å². The van der Waals surface area contributed by atoms with Crippen molar-refractivity contribution in [2.75, 3.05) is 17.2 Å². The maximum absolute atomic E-state index is 11.6. The molecule has 1 aliphatic heterocycles. The van der Waals surface area contributed by atoms with Gasteiger partial charge in [0.15, 0.2) is 0 Å². The van der Waals surface area contributed by atoms with Gasteiger partial charge in [-0.3, -0.25) is 14.9 Å². The largest absolute Gasteiger partial charge is 0.397 e. The lowest BCUT2D eigenvalue weighted by Gasteiger charge is -2.17. The first-order valence-electron chi connectivity index (χ1n) is 4.97. The number of non-ortho nitro benzene ring substituents is 1. The fourth-order valence-corrected chi connectivity index (χ4v) is 2.07. The Hall–Kier alpha value is -1.82. The molecule has 0 aromatic heterocycles. The van der Waals surface area contributed by atoms with Crippen LogP contribution in [0.5, 0.6) is 0 Å². The second kappa shape index (κ2) is 4.21. The van der Waals surface area contributed by atoms with E-state index < -0.39 is 4.92 Å². The molecule has 2 rings (SSSR count). The number of carbonyl (C=O) groups excluding carboxylic acids is 1. The summed E-state index contributed by atoms with van der Waals surface area (Å²) in [5, 5.41) is 10.3. The maximum Gasteiger partial charge on any atom is 0.271 e. The summed E-state index contributed by atoms with van der Waals surface area (Å²) in [7, 11) is 0. The van der Waals surface area contributed by atoms with Crippen molar-refractivity contribution in [3.05, 3.63) is 28.3 Å². The number of anilines is 2. The van der Waals surface area contributed by atoms with Gasteiger partial charge in [0, 0.05) is 25.1 Å². The maximum atomic E-state index is 11.6. The lowest BCUT2D eigenvalue weighted by Crippen LogP contribution is -2.25. The lowest BCUT2D eigenvalue weighted by molar-refractivity contribution is -0.384. The molecule has 1 amide bonds. The molecule has 0 spiro atoms. The van der Waals surface area contributed by atoms with E-state index in [9.17, 15) is 14.9 Å². The fraction of sp³-hybridized carbons (Fsp3) is 0.300. The lowest BCUT2D eigenvalue weighted by atomic mass is 10.2. The van der Waals surface area contributed by atoms with Crippen LogP contribution in [0.25, 0.3) is 0 Å². The van der Waals surface area contributed by atoms with Crippen molar-refractivity contribution in [2.45, 2.75) is 11.8 Å². The van der Waals surface area contributed by atoms with E-state index in [4.69, 9.17) is 17.3 Å². The predicted molar refractivity (Wildman–Crippen MR) is 64.1 cm³/mol. The molecule has 0 radical (unpaired) electrons. The fourth-order valence-electron chi connectivity index (χ4n) is 1.80. The number of nitrogen functional groups attached to an aromatic ring is 1. The van der Waals surface area contributed by atoms with Gasteiger partial charge in [0.05, 0.1) is 21.7 Å². The SMILES string of the molecule is Nc1cc([N+](=O)[O-])ccc1N1CC(Cl)CC1=O. The molecule has 1 heterocycles. The molecule has 1 atom stereocenters. The van der Waals surface area contributed by atoms with E-state index in [2.05, 4.69) is 0 Å². The topological polar surface area (TPSA) is 89.5 Å². The highest BCUT2D eigenvalue weighted by Crippen LogP contribution is 2.31. The summed E-state index contributed by atoms with van der Waals surface area (Å²) >= 11 is 5.87. The number of hydrogen-bond donors (Lipinski definition) is 1. The van der Waals surface area contributed by atoms with Gasteiger partial charge in [0.1, 0.15) is 0 Å². The quantitative estimate of drug-likeness (QED) is 0.375. The Morgan fingerprint density at radius 1 is 1.53 bits per heavy atom. The van der Waals surface area contributed by atoms with Crippen LogP contribution in [0.3, 0.4) is 0 Å². The summed E-state index contributed by atoms with van der Waals surface area (Å²) in [6, 6.07) is 4.03. The number of nitrogens with two attached hydrogens (primary N) is 1. The van der Waals surface area contributed by atoms with E-state index in [0.29, 0.717) is 12.2 Å². The van der Waals surface area contributed by atoms with Crippen LogP contribution in [-0.2, 0) is 4.79 Å². The molecule has 1 fully saturated rings. The Morgan fingerprint density at radius 3 is 2.71 bits per heavy atom. The van der Waals surface area contributed by atoms with Gasteiger partial charge >= 0.3 is 0 Å². The van der Waals surface area contributed by atoms with Crippen LogP contribution in [0.4, 0.5) is 17.1 Å². The van der Waals surface area contributed by atoms with Crippen molar-refractivity contribution in [1.82, 2.24) is 0 Å². The van der Waals surface area contributed by atoms with E-state index in [0.717, 1.165) is 0 Å². The molecule has 1 unspecified atom stereocenters. The number of benzene rings is 1. The second-order valence-electron chi connectivity index (χ2n) is 3.81. The highest BCUT2D eigenvalue weighted by Gasteiger charge is 2.30. The summed E-state index contributed by atoms with van der Waals surface area (Å²) in [4.78, 5) is 23.1. The van der Waals surface area contributed by atoms with Gasteiger partial charge in [0.25, 0.3) is 5.69 Å². The number of rotatable bonds is 2. The molecular formula is C10H10ClN3O3. The van der Waals surface area contributed by atoms with Gasteiger partial charge in [0.2, 0.25) is 5.91 Å². The van der Waals surface area contributed by atoms with Crippen molar-refractivity contribution in [1.29, 1.82) is 0 Å². The Morgan fingerprint density at radius 2 is 2.24 bits per heavy atom. The Kier molecular flexibility index (Phi) is 2.89. The standard InChI is InChI=1S/C10H10ClN3O3/c11-6-3-10(15)13(5-6)9-2-1-7(14(16)17)4-8(9)12/h1-2,4,6H,3,5,12H2. The Labute approximate surface area is 102 Å². The van der Waals surface area contributed by atoms with Gasteiger partial charge < -0.3 is 10.6 Å². The first kappa shape index (κ1) is 11.7. The highest BCUT2D eigenvalue weighted by atomic mass is 35.5. The molecule has 1 aromatic carbocycles. The number of nitro benzene ring substituents is 1. The molecule has 0 saturated carbocycles. The molecule has 1 aromatic rings. The number of nitro groups is 1. The normalized spacial score (nSPS) is 19.7. The zero-order valence-corrected chi connectivity index (χ0v) is 9.55. The van der Waals surface area contributed by atoms with Gasteiger partial charge in [-0.15, -0.1) is 11.6 Å². The summed E-state index contributed by atoms with van der Waals surface area (Å²) in [5.41, 5.74) is 6.29. The van der Waals surface area contributed by atoms with E-state index >= 15 is 0 Å². The smallest absolute Gasteiger partial charge is 0.271 e. The number of hydrogen-bond acceptors (Lipinski definition) is 4. The average molecular weight is 256 g/mol. The van der Waals surface area contributed by atoms with Crippen LogP contribution in [0.1, 0.15) is 6.42 Å². The van der Waals surface area contributed by atoms with Crippen molar-refractivity contribution in [2.24, 2.45) is 0 Å². The minimum atomic E-state index is -0.531. The number of alkyl halides is 1. The summed E-state index contributed by atoms with van der Waals surface area (Å²) < 4.78 is 0. The molecule has 1 aliphatic rings. The monoisotopic (exact) mass is 255 g/mol. The Balaban J connectivity index is 2.34. The third-order valence-electron chi connectivity index (χ3n) is 2.59. The minimum absolute atomic E-state index is 0.0969. The van der Waals surface area contributed by atoms with Crippen LogP contribution in [0, 0.1) is 10.1 Å². The van der Waals surface area contributed by atoms with Crippen LogP contribution in [-0.4, -0.2) is 22.8 Å². The second-order valence-corrected chi connectivity index (χ2v) is 4.42. The zero-order valence-electron chi connectivity index (χ0n) is 8.80. The molecule has 0 bridgehead atoms. The van der Waals surface area contributed by atoms with Crippen molar-refractivity contribution < 1.29 is 9.72 Å². The van der Waals surface area contributed by atoms with Gasteiger partial charge in [-0.1, -0.05) is 0 Å². The first-order chi connectivity index (χ1) is 7.99. The summed E-state index contributed by atoms with van der Waals surface area (Å²) in [6.45, 7) is 0.377. The number of nitrogens with zero attached hydrogens (tertiary/aromatic N) is 2. The molecule has 90 valence electrons. The third kappa shape index (κ3) is 2.16. The molecule has 2 N–H and O–H groups in total. The number of carbonyl (C=O) groups is 1. The summed E-state index contributed by atoms with van der Waals surface area (Å²) in [5.74, 6) is -0.120. The van der Waals surface area contributed by atoms with E-state index in [-0.39, 0.29) is 29.1 Å². The van der Waals surface area contributed by atoms with Gasteiger partial charge in [-0.05, 0) is 6.07 Å². The van der Waals surface area contributed by atoms with Crippen molar-refractivity contribution in [3.8, 4) is 0 Å². The Bertz CT molecular complexity index is 492. The number of halogens is 1. The van der Waals surface area contributed by atoms with Crippen molar-refractivity contribution in [3.63, 3.8) is 0 Å². The molecule has 6 nitrogen and oxygen atoms in total. The van der Waals surface area contributed by atoms with E-state index in [1.54, 1.807) is 0 Å². The minimum Gasteiger partial charge on any atom is -0.397 e. The molecule has 0 aliphatic carbocycles. The highest BCUT2D eigenvalue weighted by molar-refractivity contribution is 6.24. The summed E-state index contributed by atoms with van der Waals surface area (Å²) in [6.07, 6.45) is 0.262. The van der Waals surface area contributed by atoms with Crippen molar-refractivity contribution >= 4 is 34.6 Å². The number of amides is 1. The van der Waals surface area contributed by atoms with Crippen LogP contribution >= 0.6 is 11.6 Å². The van der Waals surface area contributed by atoms with Crippen LogP contribution in [0.2, 0.25) is 0 Å². The molecule has 1 saturated heterocycles. The van der Waals surface area contributed by atoms with Gasteiger partial charge in [-0.25, -0.2) is 0 Å². The van der Waals surface area contributed by atoms with Gasteiger partial charge in [-0.2, -0.15) is 0 Å². The zero-order chi connectivity index (χ0) is 12.6. The van der Waals surface area contributed by atoms with E-state index in [1.807, 2.05) is 0 Å². The third-order valence-corrected chi connectivity index (χ3v) is 2.88. The molecular weight excluding hydrogens is 246 g/mol. The molecule has 7 heteroatoms. The van der Waals surface area contributed by atoms with E-state index in [1.165, 1.54) is 23.1 Å². The predicted octanol–water partition coefficient (Wildman–Crippen LogP) is 1.52. The average Bonchev–Trinajstić information content (AvgIpc) is 2.57. The molecule has 17 heavy (non-hydrogen) atoms. The van der Waals surface area contributed by atoms with Crippen LogP contribution < -0.4 is 10.6 Å². The first-order valence-corrected chi connectivity index (χ1v) is 5.41.